The number of methoxy groups -OCH3 is 1. The Bertz CT molecular complexity index is 347. The first kappa shape index (κ1) is 14.7. The summed E-state index contributed by atoms with van der Waals surface area (Å²) in [6.45, 7) is 4.06. The van der Waals surface area contributed by atoms with Crippen molar-refractivity contribution >= 4 is 11.7 Å². The molecule has 1 aliphatic rings. The van der Waals surface area contributed by atoms with E-state index in [1.54, 1.807) is 6.08 Å². The quantitative estimate of drug-likeness (QED) is 0.354. The topological polar surface area (TPSA) is 58.9 Å². The Kier molecular flexibility index (Phi) is 5.89. The minimum atomic E-state index is -0.183. The first-order chi connectivity index (χ1) is 8.63. The summed E-state index contributed by atoms with van der Waals surface area (Å²) in [5, 5.41) is 12.2. The van der Waals surface area contributed by atoms with Gasteiger partial charge in [0.1, 0.15) is 0 Å². The normalized spacial score (nSPS) is 25.9. The molecular formula is C14H23NO3. The summed E-state index contributed by atoms with van der Waals surface area (Å²) in [5.74, 6) is -0.167. The number of nitrogens with zero attached hydrogens (tertiary/aromatic N) is 1. The molecular weight excluding hydrogens is 230 g/mol. The Morgan fingerprint density at radius 1 is 1.56 bits per heavy atom. The Morgan fingerprint density at radius 2 is 2.28 bits per heavy atom. The molecule has 0 aliphatic heterocycles. The molecule has 2 atom stereocenters. The van der Waals surface area contributed by atoms with Crippen molar-refractivity contribution in [1.29, 1.82) is 0 Å². The van der Waals surface area contributed by atoms with Gasteiger partial charge >= 0.3 is 5.97 Å². The van der Waals surface area contributed by atoms with Crippen molar-refractivity contribution in [1.82, 2.24) is 0 Å². The summed E-state index contributed by atoms with van der Waals surface area (Å²) in [6, 6.07) is 0. The van der Waals surface area contributed by atoms with Gasteiger partial charge in [0, 0.05) is 0 Å². The zero-order chi connectivity index (χ0) is 13.5. The number of hydrogen-bond acceptors (Lipinski definition) is 4. The molecule has 4 nitrogen and oxygen atoms in total. The van der Waals surface area contributed by atoms with Gasteiger partial charge in [0.25, 0.3) is 0 Å². The lowest BCUT2D eigenvalue weighted by molar-refractivity contribution is -0.145. The number of rotatable bonds is 5. The van der Waals surface area contributed by atoms with E-state index in [0.29, 0.717) is 12.1 Å². The number of ether oxygens (including phenoxy) is 1. The summed E-state index contributed by atoms with van der Waals surface area (Å²) < 4.78 is 4.88. The zero-order valence-electron chi connectivity index (χ0n) is 11.5. The molecule has 0 spiro atoms. The highest BCUT2D eigenvalue weighted by atomic mass is 16.5. The van der Waals surface area contributed by atoms with Crippen molar-refractivity contribution in [3.63, 3.8) is 0 Å². The van der Waals surface area contributed by atoms with E-state index in [0.717, 1.165) is 24.8 Å². The number of carbonyl (C=O) groups excluding carboxylic acids is 1. The Balaban J connectivity index is 2.82. The van der Waals surface area contributed by atoms with E-state index < -0.39 is 0 Å². The van der Waals surface area contributed by atoms with Gasteiger partial charge in [-0.2, -0.15) is 0 Å². The van der Waals surface area contributed by atoms with Crippen LogP contribution in [0.25, 0.3) is 0 Å². The molecule has 1 N–H and O–H groups in total. The maximum absolute atomic E-state index is 11.8. The van der Waals surface area contributed by atoms with Gasteiger partial charge in [0.05, 0.1) is 18.7 Å². The lowest BCUT2D eigenvalue weighted by atomic mass is 9.75. The highest BCUT2D eigenvalue weighted by molar-refractivity contribution is 5.98. The Labute approximate surface area is 109 Å². The van der Waals surface area contributed by atoms with Gasteiger partial charge < -0.3 is 9.94 Å². The average molecular weight is 253 g/mol. The SMILES string of the molecule is CCCCC[C@@H]1C/C(=N/O)C=C(C)[C@H]1C(=O)OC. The third kappa shape index (κ3) is 3.59. The molecule has 0 fully saturated rings. The second-order valence-corrected chi connectivity index (χ2v) is 4.94. The van der Waals surface area contributed by atoms with E-state index in [1.165, 1.54) is 13.5 Å². The number of oxime groups is 1. The zero-order valence-corrected chi connectivity index (χ0v) is 11.5. The minimum Gasteiger partial charge on any atom is -0.469 e. The van der Waals surface area contributed by atoms with Crippen LogP contribution >= 0.6 is 0 Å². The molecule has 0 bridgehead atoms. The van der Waals surface area contributed by atoms with Crippen molar-refractivity contribution in [2.45, 2.75) is 46.0 Å². The molecule has 0 saturated carbocycles. The predicted octanol–water partition coefficient (Wildman–Crippen LogP) is 3.15. The van der Waals surface area contributed by atoms with E-state index >= 15 is 0 Å². The number of hydrogen-bond donors (Lipinski definition) is 1. The molecule has 18 heavy (non-hydrogen) atoms. The third-order valence-electron chi connectivity index (χ3n) is 3.59. The van der Waals surface area contributed by atoms with Gasteiger partial charge in [-0.15, -0.1) is 0 Å². The predicted molar refractivity (Wildman–Crippen MR) is 70.7 cm³/mol. The molecule has 0 unspecified atom stereocenters. The smallest absolute Gasteiger partial charge is 0.313 e. The minimum absolute atomic E-state index is 0.178. The van der Waals surface area contributed by atoms with E-state index in [9.17, 15) is 4.79 Å². The molecule has 1 rings (SSSR count). The number of carbonyl (C=O) groups is 1. The summed E-state index contributed by atoms with van der Waals surface area (Å²) in [7, 11) is 1.42. The maximum Gasteiger partial charge on any atom is 0.313 e. The first-order valence-electron chi connectivity index (χ1n) is 6.61. The number of esters is 1. The summed E-state index contributed by atoms with van der Waals surface area (Å²) >= 11 is 0. The van der Waals surface area contributed by atoms with Gasteiger partial charge in [-0.25, -0.2) is 0 Å². The summed E-state index contributed by atoms with van der Waals surface area (Å²) in [5.41, 5.74) is 1.59. The first-order valence-corrected chi connectivity index (χ1v) is 6.61. The lowest BCUT2D eigenvalue weighted by Gasteiger charge is -2.29. The second kappa shape index (κ2) is 7.19. The Hall–Kier alpha value is -1.32. The molecule has 0 amide bonds. The van der Waals surface area contributed by atoms with Crippen LogP contribution in [0.3, 0.4) is 0 Å². The van der Waals surface area contributed by atoms with Gasteiger partial charge in [0.15, 0.2) is 0 Å². The third-order valence-corrected chi connectivity index (χ3v) is 3.59. The lowest BCUT2D eigenvalue weighted by Crippen LogP contribution is -2.31. The summed E-state index contributed by atoms with van der Waals surface area (Å²) in [6.07, 6.45) is 6.83. The largest absolute Gasteiger partial charge is 0.469 e. The van der Waals surface area contributed by atoms with Crippen molar-refractivity contribution in [3.8, 4) is 0 Å². The molecule has 0 aromatic rings. The standard InChI is InChI=1S/C14H23NO3/c1-4-5-6-7-11-9-12(15-17)8-10(2)13(11)14(16)18-3/h8,11,13,17H,4-7,9H2,1-3H3/b15-12+/t11-,13-/m1/s1. The van der Waals surface area contributed by atoms with Crippen LogP contribution in [0.1, 0.15) is 46.0 Å². The van der Waals surface area contributed by atoms with Crippen LogP contribution in [0.5, 0.6) is 0 Å². The molecule has 4 heteroatoms. The van der Waals surface area contributed by atoms with E-state index in [-0.39, 0.29) is 17.8 Å². The van der Waals surface area contributed by atoms with Gasteiger partial charge in [-0.3, -0.25) is 4.79 Å². The van der Waals surface area contributed by atoms with Crippen LogP contribution in [-0.4, -0.2) is 24.0 Å². The van der Waals surface area contributed by atoms with Gasteiger partial charge in [-0.05, 0) is 31.8 Å². The maximum atomic E-state index is 11.8. The van der Waals surface area contributed by atoms with Gasteiger partial charge in [0.2, 0.25) is 0 Å². The van der Waals surface area contributed by atoms with E-state index in [2.05, 4.69) is 12.1 Å². The average Bonchev–Trinajstić information content (AvgIpc) is 2.37. The molecule has 0 aromatic heterocycles. The molecule has 1 aliphatic carbocycles. The fourth-order valence-electron chi connectivity index (χ4n) is 2.67. The summed E-state index contributed by atoms with van der Waals surface area (Å²) in [4.78, 5) is 11.8. The van der Waals surface area contributed by atoms with Crippen LogP contribution in [0.15, 0.2) is 16.8 Å². The van der Waals surface area contributed by atoms with Gasteiger partial charge in [-0.1, -0.05) is 36.9 Å². The Morgan fingerprint density at radius 3 is 2.83 bits per heavy atom. The van der Waals surface area contributed by atoms with Crippen molar-refractivity contribution in [3.05, 3.63) is 11.6 Å². The molecule has 0 heterocycles. The van der Waals surface area contributed by atoms with Crippen molar-refractivity contribution in [2.75, 3.05) is 7.11 Å². The van der Waals surface area contributed by atoms with Crippen molar-refractivity contribution in [2.24, 2.45) is 17.0 Å². The van der Waals surface area contributed by atoms with Crippen LogP contribution in [-0.2, 0) is 9.53 Å². The fraction of sp³-hybridized carbons (Fsp3) is 0.714. The highest BCUT2D eigenvalue weighted by Gasteiger charge is 2.34. The number of unbranched alkanes of at least 4 members (excludes halogenated alkanes) is 2. The molecule has 0 saturated heterocycles. The number of allylic oxidation sites excluding steroid dienone is 1. The second-order valence-electron chi connectivity index (χ2n) is 4.94. The van der Waals surface area contributed by atoms with Crippen molar-refractivity contribution < 1.29 is 14.7 Å². The molecule has 0 aromatic carbocycles. The van der Waals surface area contributed by atoms with Crippen LogP contribution < -0.4 is 0 Å². The van der Waals surface area contributed by atoms with Crippen LogP contribution in [0.2, 0.25) is 0 Å². The van der Waals surface area contributed by atoms with Crippen LogP contribution in [0, 0.1) is 11.8 Å². The van der Waals surface area contributed by atoms with Crippen LogP contribution in [0.4, 0.5) is 0 Å². The van der Waals surface area contributed by atoms with E-state index in [1.807, 2.05) is 6.92 Å². The highest BCUT2D eigenvalue weighted by Crippen LogP contribution is 2.34. The monoisotopic (exact) mass is 253 g/mol. The van der Waals surface area contributed by atoms with E-state index in [4.69, 9.17) is 9.94 Å². The molecule has 102 valence electrons. The molecule has 0 radical (unpaired) electrons. The fourth-order valence-corrected chi connectivity index (χ4v) is 2.67.